The lowest BCUT2D eigenvalue weighted by atomic mass is 9.94. The van der Waals surface area contributed by atoms with Crippen LogP contribution in [0.3, 0.4) is 0 Å². The van der Waals surface area contributed by atoms with Crippen LogP contribution in [0.15, 0.2) is 0 Å². The van der Waals surface area contributed by atoms with Crippen LogP contribution in [-0.2, 0) is 4.79 Å². The summed E-state index contributed by atoms with van der Waals surface area (Å²) in [4.78, 5) is 11.6. The van der Waals surface area contributed by atoms with Gasteiger partial charge < -0.3 is 16.2 Å². The summed E-state index contributed by atoms with van der Waals surface area (Å²) in [6, 6.07) is -0.475. The first-order chi connectivity index (χ1) is 7.78. The predicted molar refractivity (Wildman–Crippen MR) is 74.1 cm³/mol. The molecule has 0 aliphatic carbocycles. The molecule has 0 rings (SSSR count). The molecule has 4 N–H and O–H groups in total. The van der Waals surface area contributed by atoms with E-state index in [1.165, 1.54) is 0 Å². The third kappa shape index (κ3) is 8.46. The van der Waals surface area contributed by atoms with Gasteiger partial charge in [0, 0.05) is 6.54 Å². The van der Waals surface area contributed by atoms with Crippen molar-refractivity contribution >= 4 is 17.7 Å². The molecule has 2 atom stereocenters. The third-order valence-corrected chi connectivity index (χ3v) is 3.11. The predicted octanol–water partition coefficient (Wildman–Crippen LogP) is 0.980. The topological polar surface area (TPSA) is 75.4 Å². The van der Waals surface area contributed by atoms with Crippen LogP contribution in [0.4, 0.5) is 0 Å². The number of amides is 1. The molecule has 0 bridgehead atoms. The van der Waals surface area contributed by atoms with E-state index in [-0.39, 0.29) is 12.5 Å². The summed E-state index contributed by atoms with van der Waals surface area (Å²) >= 11 is 1.67. The zero-order valence-corrected chi connectivity index (χ0v) is 12.1. The summed E-state index contributed by atoms with van der Waals surface area (Å²) in [5.74, 6) is 1.09. The fraction of sp³-hybridized carbons (Fsp3) is 0.917. The first kappa shape index (κ1) is 16.7. The number of carbonyl (C=O) groups excluding carboxylic acids is 1. The molecule has 4 nitrogen and oxygen atoms in total. The maximum Gasteiger partial charge on any atom is 0.237 e. The maximum atomic E-state index is 11.6. The van der Waals surface area contributed by atoms with Crippen molar-refractivity contribution in [1.82, 2.24) is 5.32 Å². The molecule has 1 amide bonds. The van der Waals surface area contributed by atoms with Crippen molar-refractivity contribution in [2.24, 2.45) is 11.7 Å². The molecule has 0 saturated heterocycles. The van der Waals surface area contributed by atoms with Crippen LogP contribution in [0.5, 0.6) is 0 Å². The number of rotatable bonds is 8. The van der Waals surface area contributed by atoms with Crippen LogP contribution < -0.4 is 11.1 Å². The van der Waals surface area contributed by atoms with E-state index in [1.54, 1.807) is 18.7 Å². The smallest absolute Gasteiger partial charge is 0.237 e. The minimum absolute atomic E-state index is 0.178. The van der Waals surface area contributed by atoms with Crippen LogP contribution >= 0.6 is 11.8 Å². The largest absolute Gasteiger partial charge is 0.388 e. The highest BCUT2D eigenvalue weighted by atomic mass is 32.2. The fourth-order valence-corrected chi connectivity index (χ4v) is 2.23. The average molecular weight is 262 g/mol. The highest BCUT2D eigenvalue weighted by Gasteiger charge is 2.23. The Morgan fingerprint density at radius 3 is 2.59 bits per heavy atom. The minimum Gasteiger partial charge on any atom is -0.388 e. The third-order valence-electron chi connectivity index (χ3n) is 2.46. The van der Waals surface area contributed by atoms with Crippen molar-refractivity contribution in [3.63, 3.8) is 0 Å². The number of hydrogen-bond acceptors (Lipinski definition) is 4. The molecule has 102 valence electrons. The lowest BCUT2D eigenvalue weighted by molar-refractivity contribution is -0.123. The molecule has 0 aromatic heterocycles. The second-order valence-corrected chi connectivity index (χ2v) is 6.19. The second kappa shape index (κ2) is 7.95. The van der Waals surface area contributed by atoms with Crippen molar-refractivity contribution in [2.75, 3.05) is 18.6 Å². The van der Waals surface area contributed by atoms with Crippen LogP contribution in [0.2, 0.25) is 0 Å². The zero-order chi connectivity index (χ0) is 13.5. The quantitative estimate of drug-likeness (QED) is 0.609. The van der Waals surface area contributed by atoms with Crippen molar-refractivity contribution < 1.29 is 9.90 Å². The Labute approximate surface area is 109 Å². The minimum atomic E-state index is -0.858. The second-order valence-electron chi connectivity index (χ2n) is 5.20. The number of nitrogens with one attached hydrogen (secondary N) is 1. The molecule has 1 unspecified atom stereocenters. The molecule has 0 aromatic rings. The van der Waals surface area contributed by atoms with Gasteiger partial charge in [0.25, 0.3) is 0 Å². The number of nitrogens with two attached hydrogens (primary N) is 1. The van der Waals surface area contributed by atoms with Crippen molar-refractivity contribution in [2.45, 2.75) is 45.3 Å². The SMILES string of the molecule is CSCC[C@@H](N)C(=O)NCC(C)(O)CC(C)C. The lowest BCUT2D eigenvalue weighted by Gasteiger charge is -2.26. The van der Waals surface area contributed by atoms with E-state index in [0.717, 1.165) is 5.75 Å². The highest BCUT2D eigenvalue weighted by Crippen LogP contribution is 2.15. The van der Waals surface area contributed by atoms with Gasteiger partial charge in [-0.15, -0.1) is 0 Å². The zero-order valence-electron chi connectivity index (χ0n) is 11.3. The molecule has 0 heterocycles. The van der Waals surface area contributed by atoms with Crippen molar-refractivity contribution in [3.05, 3.63) is 0 Å². The Balaban J connectivity index is 3.97. The lowest BCUT2D eigenvalue weighted by Crippen LogP contribution is -2.47. The molecule has 0 aliphatic heterocycles. The van der Waals surface area contributed by atoms with Crippen molar-refractivity contribution in [1.29, 1.82) is 0 Å². The van der Waals surface area contributed by atoms with E-state index in [1.807, 2.05) is 20.1 Å². The molecule has 0 aliphatic rings. The van der Waals surface area contributed by atoms with Crippen LogP contribution in [0.25, 0.3) is 0 Å². The van der Waals surface area contributed by atoms with Gasteiger partial charge in [-0.3, -0.25) is 4.79 Å². The van der Waals surface area contributed by atoms with E-state index in [2.05, 4.69) is 5.32 Å². The first-order valence-electron chi connectivity index (χ1n) is 6.03. The van der Waals surface area contributed by atoms with Gasteiger partial charge in [0.15, 0.2) is 0 Å². The molecule has 0 aromatic carbocycles. The Kier molecular flexibility index (Phi) is 7.83. The van der Waals surface area contributed by atoms with Crippen molar-refractivity contribution in [3.8, 4) is 0 Å². The molecular formula is C12H26N2O2S. The molecule has 0 radical (unpaired) electrons. The monoisotopic (exact) mass is 262 g/mol. The molecule has 5 heteroatoms. The summed E-state index contributed by atoms with van der Waals surface area (Å²) in [5, 5.41) is 12.7. The van der Waals surface area contributed by atoms with Gasteiger partial charge in [0.2, 0.25) is 5.91 Å². The Bertz CT molecular complexity index is 233. The van der Waals surface area contributed by atoms with Gasteiger partial charge in [0.05, 0.1) is 11.6 Å². The summed E-state index contributed by atoms with van der Waals surface area (Å²) in [6.07, 6.45) is 3.31. The Morgan fingerprint density at radius 1 is 1.53 bits per heavy atom. The normalized spacial score (nSPS) is 16.6. The molecular weight excluding hydrogens is 236 g/mol. The van der Waals surface area contributed by atoms with Gasteiger partial charge in [-0.05, 0) is 37.7 Å². The number of carbonyl (C=O) groups is 1. The van der Waals surface area contributed by atoms with E-state index in [9.17, 15) is 9.90 Å². The van der Waals surface area contributed by atoms with Crippen LogP contribution in [0.1, 0.15) is 33.6 Å². The molecule has 0 spiro atoms. The first-order valence-corrected chi connectivity index (χ1v) is 7.42. The van der Waals surface area contributed by atoms with Crippen LogP contribution in [0, 0.1) is 5.92 Å². The fourth-order valence-electron chi connectivity index (χ4n) is 1.74. The Morgan fingerprint density at radius 2 is 2.12 bits per heavy atom. The van der Waals surface area contributed by atoms with Gasteiger partial charge >= 0.3 is 0 Å². The Hall–Kier alpha value is -0.260. The van der Waals surface area contributed by atoms with E-state index in [4.69, 9.17) is 5.73 Å². The highest BCUT2D eigenvalue weighted by molar-refractivity contribution is 7.98. The molecule has 0 saturated carbocycles. The van der Waals surface area contributed by atoms with Gasteiger partial charge in [-0.1, -0.05) is 13.8 Å². The molecule has 0 fully saturated rings. The average Bonchev–Trinajstić information content (AvgIpc) is 2.20. The van der Waals surface area contributed by atoms with E-state index in [0.29, 0.717) is 18.8 Å². The van der Waals surface area contributed by atoms with Crippen LogP contribution in [-0.4, -0.2) is 41.2 Å². The maximum absolute atomic E-state index is 11.6. The summed E-state index contributed by atoms with van der Waals surface area (Å²) < 4.78 is 0. The molecule has 17 heavy (non-hydrogen) atoms. The number of thioether (sulfide) groups is 1. The van der Waals surface area contributed by atoms with Gasteiger partial charge in [-0.2, -0.15) is 11.8 Å². The summed E-state index contributed by atoms with van der Waals surface area (Å²) in [6.45, 7) is 6.08. The van der Waals surface area contributed by atoms with E-state index >= 15 is 0 Å². The summed E-state index contributed by atoms with van der Waals surface area (Å²) in [5.41, 5.74) is 4.87. The van der Waals surface area contributed by atoms with E-state index < -0.39 is 11.6 Å². The summed E-state index contributed by atoms with van der Waals surface area (Å²) in [7, 11) is 0. The van der Waals surface area contributed by atoms with Gasteiger partial charge in [-0.25, -0.2) is 0 Å². The van der Waals surface area contributed by atoms with Gasteiger partial charge in [0.1, 0.15) is 0 Å². The standard InChI is InChI=1S/C12H26N2O2S/c1-9(2)7-12(3,16)8-14-11(15)10(13)5-6-17-4/h9-10,16H,5-8,13H2,1-4H3,(H,14,15)/t10-,12?/m1/s1. The number of aliphatic hydroxyl groups is 1. The number of hydrogen-bond donors (Lipinski definition) is 3.